The van der Waals surface area contributed by atoms with E-state index in [2.05, 4.69) is 15.9 Å². The van der Waals surface area contributed by atoms with E-state index in [1.807, 2.05) is 25.1 Å². The normalized spacial score (nSPS) is 13.6. The van der Waals surface area contributed by atoms with Gasteiger partial charge in [0.1, 0.15) is 9.84 Å². The average Bonchev–Trinajstić information content (AvgIpc) is 2.15. The van der Waals surface area contributed by atoms with E-state index in [0.717, 1.165) is 14.9 Å². The number of halogens is 1. The highest BCUT2D eigenvalue weighted by Gasteiger charge is 2.07. The van der Waals surface area contributed by atoms with Crippen molar-refractivity contribution in [2.24, 2.45) is 5.73 Å². The van der Waals surface area contributed by atoms with Crippen LogP contribution in [0.5, 0.6) is 0 Å². The molecule has 0 unspecified atom stereocenters. The first-order valence-electron chi connectivity index (χ1n) is 5.15. The lowest BCUT2D eigenvalue weighted by Crippen LogP contribution is -2.06. The van der Waals surface area contributed by atoms with E-state index in [1.54, 1.807) is 0 Å². The first-order chi connectivity index (χ1) is 7.79. The third-order valence-corrected chi connectivity index (χ3v) is 5.07. The van der Waals surface area contributed by atoms with Gasteiger partial charge in [0.15, 0.2) is 0 Å². The minimum Gasteiger partial charge on any atom is -0.324 e. The van der Waals surface area contributed by atoms with Crippen LogP contribution in [0.4, 0.5) is 0 Å². The Balaban J connectivity index is 2.65. The lowest BCUT2D eigenvalue weighted by atomic mass is 10.1. The zero-order chi connectivity index (χ0) is 13.1. The number of thioether (sulfide) groups is 1. The van der Waals surface area contributed by atoms with Gasteiger partial charge in [-0.15, -0.1) is 11.8 Å². The van der Waals surface area contributed by atoms with Gasteiger partial charge in [-0.1, -0.05) is 22.0 Å². The molecule has 1 atom stereocenters. The molecule has 0 fully saturated rings. The van der Waals surface area contributed by atoms with Crippen LogP contribution in [-0.2, 0) is 9.84 Å². The lowest BCUT2D eigenvalue weighted by molar-refractivity contribution is 0.603. The molecule has 3 nitrogen and oxygen atoms in total. The van der Waals surface area contributed by atoms with Gasteiger partial charge in [0.25, 0.3) is 0 Å². The van der Waals surface area contributed by atoms with Crippen LogP contribution < -0.4 is 5.73 Å². The second kappa shape index (κ2) is 6.22. The fourth-order valence-corrected chi connectivity index (χ4v) is 4.31. The standard InChI is InChI=1S/C11H16BrNO2S2/c1-8(13)10-4-3-9(7-11(10)12)16-5-6-17(2,14)15/h3-4,7-8H,5-6,13H2,1-2H3/t8-/m0/s1. The molecule has 17 heavy (non-hydrogen) atoms. The minimum absolute atomic E-state index is 0.0144. The fourth-order valence-electron chi connectivity index (χ4n) is 1.28. The molecule has 0 heterocycles. The van der Waals surface area contributed by atoms with Crippen LogP contribution in [-0.4, -0.2) is 26.2 Å². The summed E-state index contributed by atoms with van der Waals surface area (Å²) in [6, 6.07) is 5.90. The molecule has 0 saturated carbocycles. The summed E-state index contributed by atoms with van der Waals surface area (Å²) in [5.41, 5.74) is 6.86. The van der Waals surface area contributed by atoms with Crippen molar-refractivity contribution in [1.82, 2.24) is 0 Å². The van der Waals surface area contributed by atoms with Crippen LogP contribution in [0.1, 0.15) is 18.5 Å². The molecule has 0 saturated heterocycles. The number of benzene rings is 1. The first-order valence-corrected chi connectivity index (χ1v) is 8.99. The molecule has 0 amide bonds. The lowest BCUT2D eigenvalue weighted by Gasteiger charge is -2.10. The number of nitrogens with two attached hydrogens (primary N) is 1. The Kier molecular flexibility index (Phi) is 5.50. The molecule has 0 bridgehead atoms. The van der Waals surface area contributed by atoms with Crippen LogP contribution in [0, 0.1) is 0 Å². The highest BCUT2D eigenvalue weighted by molar-refractivity contribution is 9.10. The summed E-state index contributed by atoms with van der Waals surface area (Å²) in [4.78, 5) is 1.05. The van der Waals surface area contributed by atoms with Crippen molar-refractivity contribution < 1.29 is 8.42 Å². The Morgan fingerprint density at radius 3 is 2.59 bits per heavy atom. The maximum absolute atomic E-state index is 11.0. The van der Waals surface area contributed by atoms with Gasteiger partial charge in [-0.05, 0) is 24.6 Å². The van der Waals surface area contributed by atoms with Crippen LogP contribution in [0.3, 0.4) is 0 Å². The van der Waals surface area contributed by atoms with E-state index in [9.17, 15) is 8.42 Å². The first kappa shape index (κ1) is 15.0. The van der Waals surface area contributed by atoms with Gasteiger partial charge in [0, 0.05) is 27.4 Å². The van der Waals surface area contributed by atoms with Gasteiger partial charge >= 0.3 is 0 Å². The average molecular weight is 338 g/mol. The van der Waals surface area contributed by atoms with Crippen molar-refractivity contribution in [1.29, 1.82) is 0 Å². The van der Waals surface area contributed by atoms with E-state index in [4.69, 9.17) is 5.73 Å². The van der Waals surface area contributed by atoms with Gasteiger partial charge < -0.3 is 5.73 Å². The van der Waals surface area contributed by atoms with Crippen molar-refractivity contribution in [3.63, 3.8) is 0 Å². The number of rotatable bonds is 5. The van der Waals surface area contributed by atoms with Gasteiger partial charge in [-0.2, -0.15) is 0 Å². The molecular formula is C11H16BrNO2S2. The Morgan fingerprint density at radius 1 is 1.47 bits per heavy atom. The molecule has 96 valence electrons. The van der Waals surface area contributed by atoms with E-state index in [1.165, 1.54) is 18.0 Å². The van der Waals surface area contributed by atoms with Crippen LogP contribution in [0.2, 0.25) is 0 Å². The summed E-state index contributed by atoms with van der Waals surface area (Å²) >= 11 is 5.00. The molecule has 0 radical (unpaired) electrons. The number of hydrogen-bond donors (Lipinski definition) is 1. The molecule has 0 aliphatic heterocycles. The Morgan fingerprint density at radius 2 is 2.12 bits per heavy atom. The molecule has 0 aliphatic carbocycles. The van der Waals surface area contributed by atoms with E-state index in [-0.39, 0.29) is 11.8 Å². The summed E-state index contributed by atoms with van der Waals surface area (Å²) in [7, 11) is -2.88. The summed E-state index contributed by atoms with van der Waals surface area (Å²) < 4.78 is 23.0. The summed E-state index contributed by atoms with van der Waals surface area (Å²) in [6.45, 7) is 1.93. The highest BCUT2D eigenvalue weighted by Crippen LogP contribution is 2.28. The minimum atomic E-state index is -2.88. The summed E-state index contributed by atoms with van der Waals surface area (Å²) in [5, 5.41) is 0. The molecule has 1 rings (SSSR count). The number of hydrogen-bond acceptors (Lipinski definition) is 4. The maximum Gasteiger partial charge on any atom is 0.148 e. The van der Waals surface area contributed by atoms with Crippen molar-refractivity contribution in [2.75, 3.05) is 17.8 Å². The van der Waals surface area contributed by atoms with Crippen LogP contribution >= 0.6 is 27.7 Å². The molecule has 0 aliphatic rings. The molecular weight excluding hydrogens is 322 g/mol. The van der Waals surface area contributed by atoms with Gasteiger partial charge in [-0.25, -0.2) is 8.42 Å². The third kappa shape index (κ3) is 5.42. The number of sulfone groups is 1. The Hall–Kier alpha value is -0.0400. The molecule has 0 spiro atoms. The Bertz CT molecular complexity index is 486. The maximum atomic E-state index is 11.0. The van der Waals surface area contributed by atoms with Crippen molar-refractivity contribution >= 4 is 37.5 Å². The van der Waals surface area contributed by atoms with E-state index < -0.39 is 9.84 Å². The monoisotopic (exact) mass is 337 g/mol. The van der Waals surface area contributed by atoms with E-state index in [0.29, 0.717) is 5.75 Å². The van der Waals surface area contributed by atoms with Crippen molar-refractivity contribution in [2.45, 2.75) is 17.9 Å². The molecule has 2 N–H and O–H groups in total. The molecule has 0 aromatic heterocycles. The molecule has 6 heteroatoms. The summed E-state index contributed by atoms with van der Waals surface area (Å²) in [6.07, 6.45) is 1.25. The second-order valence-corrected chi connectivity index (χ2v) is 8.23. The van der Waals surface area contributed by atoms with Gasteiger partial charge in [0.05, 0.1) is 5.75 Å². The third-order valence-electron chi connectivity index (χ3n) is 2.19. The summed E-state index contributed by atoms with van der Waals surface area (Å²) in [5.74, 6) is 0.771. The van der Waals surface area contributed by atoms with Gasteiger partial charge in [-0.3, -0.25) is 0 Å². The predicted molar refractivity (Wildman–Crippen MR) is 77.2 cm³/mol. The van der Waals surface area contributed by atoms with Crippen molar-refractivity contribution in [3.8, 4) is 0 Å². The smallest absolute Gasteiger partial charge is 0.148 e. The highest BCUT2D eigenvalue weighted by atomic mass is 79.9. The fraction of sp³-hybridized carbons (Fsp3) is 0.455. The Labute approximate surface area is 115 Å². The molecule has 1 aromatic carbocycles. The van der Waals surface area contributed by atoms with Crippen LogP contribution in [0.25, 0.3) is 0 Å². The predicted octanol–water partition coefficient (Wildman–Crippen LogP) is 2.61. The molecule has 1 aromatic rings. The van der Waals surface area contributed by atoms with Crippen LogP contribution in [0.15, 0.2) is 27.6 Å². The SMILES string of the molecule is C[C@H](N)c1ccc(SCCS(C)(=O)=O)cc1Br. The van der Waals surface area contributed by atoms with Crippen molar-refractivity contribution in [3.05, 3.63) is 28.2 Å². The topological polar surface area (TPSA) is 60.2 Å². The zero-order valence-corrected chi connectivity index (χ0v) is 13.0. The van der Waals surface area contributed by atoms with E-state index >= 15 is 0 Å². The zero-order valence-electron chi connectivity index (χ0n) is 9.81. The quantitative estimate of drug-likeness (QED) is 0.839. The largest absolute Gasteiger partial charge is 0.324 e. The van der Waals surface area contributed by atoms with Gasteiger partial charge in [0.2, 0.25) is 0 Å². The second-order valence-electron chi connectivity index (χ2n) is 3.95.